The summed E-state index contributed by atoms with van der Waals surface area (Å²) in [6.45, 7) is 7.01. The van der Waals surface area contributed by atoms with Crippen LogP contribution in [0.3, 0.4) is 0 Å². The fourth-order valence-electron chi connectivity index (χ4n) is 4.80. The lowest BCUT2D eigenvalue weighted by Crippen LogP contribution is -2.60. The van der Waals surface area contributed by atoms with Crippen molar-refractivity contribution in [3.05, 3.63) is 69.1 Å². The number of rotatable bonds is 8. The highest BCUT2D eigenvalue weighted by molar-refractivity contribution is 6.06. The number of phenols is 1. The molecule has 13 heteroatoms. The van der Waals surface area contributed by atoms with Gasteiger partial charge in [-0.3, -0.25) is 4.79 Å². The Morgan fingerprint density at radius 3 is 2.51 bits per heavy atom. The average Bonchev–Trinajstić information content (AvgIpc) is 2.94. The normalized spacial score (nSPS) is 21.7. The van der Waals surface area contributed by atoms with E-state index in [-0.39, 0.29) is 33.6 Å². The summed E-state index contributed by atoms with van der Waals surface area (Å²) in [5.74, 6) is -1.08. The van der Waals surface area contributed by atoms with Crippen molar-refractivity contribution in [3.63, 3.8) is 0 Å². The molecule has 1 saturated heterocycles. The molecule has 0 spiro atoms. The minimum atomic E-state index is -1.50. The maximum absolute atomic E-state index is 13.0. The molecule has 4 rings (SSSR count). The van der Waals surface area contributed by atoms with Gasteiger partial charge in [0.1, 0.15) is 23.2 Å². The van der Waals surface area contributed by atoms with Crippen LogP contribution in [-0.4, -0.2) is 65.1 Å². The van der Waals surface area contributed by atoms with E-state index in [1.807, 2.05) is 19.9 Å². The number of aromatic hydroxyl groups is 2. The number of carbonyl (C=O) groups excluding carboxylic acids is 2. The Morgan fingerprint density at radius 2 is 1.86 bits per heavy atom. The van der Waals surface area contributed by atoms with E-state index in [2.05, 4.69) is 5.32 Å². The van der Waals surface area contributed by atoms with E-state index < -0.39 is 59.8 Å². The van der Waals surface area contributed by atoms with Gasteiger partial charge in [-0.25, -0.2) is 9.59 Å². The number of primary amides is 1. The fraction of sp³-hybridized carbons (Fsp3) is 0.367. The second-order valence-electron chi connectivity index (χ2n) is 10.4. The number of nitrogens with one attached hydrogen (secondary N) is 1. The highest BCUT2D eigenvalue weighted by atomic mass is 16.7. The fourth-order valence-corrected chi connectivity index (χ4v) is 4.80. The first-order valence-corrected chi connectivity index (χ1v) is 13.4. The Hall–Kier alpha value is -4.59. The molecule has 0 aliphatic carbocycles. The summed E-state index contributed by atoms with van der Waals surface area (Å²) in [5, 5.41) is 34.4. The van der Waals surface area contributed by atoms with Crippen molar-refractivity contribution in [3.8, 4) is 17.2 Å². The van der Waals surface area contributed by atoms with Crippen molar-refractivity contribution in [2.75, 3.05) is 12.4 Å². The van der Waals surface area contributed by atoms with Crippen LogP contribution in [0.1, 0.15) is 42.3 Å². The minimum Gasteiger partial charge on any atom is -0.508 e. The van der Waals surface area contributed by atoms with Gasteiger partial charge >= 0.3 is 11.7 Å². The Morgan fingerprint density at radius 1 is 1.14 bits per heavy atom. The highest BCUT2D eigenvalue weighted by Crippen LogP contribution is 2.37. The predicted octanol–water partition coefficient (Wildman–Crippen LogP) is 3.24. The van der Waals surface area contributed by atoms with Crippen molar-refractivity contribution >= 4 is 28.7 Å². The van der Waals surface area contributed by atoms with Crippen LogP contribution >= 0.6 is 0 Å². The lowest BCUT2D eigenvalue weighted by Gasteiger charge is -2.41. The molecular formula is C30H34N2O11. The number of benzene rings is 2. The SMILES string of the molecule is CO[C@H]1[C@@H](OC(N)=O)[C@@H](O)[C@@H](Oc2ccc3c(O)c(NC(=O)c4ccc(O)c(CC=C(C)C)c4)c(=O)oc3c2C)O[C@H]1C. The maximum Gasteiger partial charge on any atom is 0.404 e. The van der Waals surface area contributed by atoms with Gasteiger partial charge in [-0.15, -0.1) is 0 Å². The first-order chi connectivity index (χ1) is 20.3. The van der Waals surface area contributed by atoms with Crippen molar-refractivity contribution in [1.82, 2.24) is 0 Å². The molecule has 230 valence electrons. The van der Waals surface area contributed by atoms with E-state index in [4.69, 9.17) is 29.1 Å². The number of carbonyl (C=O) groups is 2. The zero-order chi connectivity index (χ0) is 31.6. The van der Waals surface area contributed by atoms with Crippen LogP contribution < -0.4 is 21.4 Å². The molecular weight excluding hydrogens is 564 g/mol. The van der Waals surface area contributed by atoms with E-state index in [9.17, 15) is 29.7 Å². The second-order valence-corrected chi connectivity index (χ2v) is 10.4. The summed E-state index contributed by atoms with van der Waals surface area (Å²) >= 11 is 0. The molecule has 5 atom stereocenters. The molecule has 3 aromatic rings. The number of hydrogen-bond donors (Lipinski definition) is 5. The van der Waals surface area contributed by atoms with Crippen molar-refractivity contribution in [2.24, 2.45) is 5.73 Å². The summed E-state index contributed by atoms with van der Waals surface area (Å²) in [7, 11) is 1.36. The molecule has 1 aromatic heterocycles. The number of phenolic OH excluding ortho intramolecular Hbond substituents is 1. The van der Waals surface area contributed by atoms with Crippen molar-refractivity contribution < 1.29 is 48.3 Å². The van der Waals surface area contributed by atoms with Gasteiger partial charge < -0.3 is 49.7 Å². The molecule has 13 nitrogen and oxygen atoms in total. The van der Waals surface area contributed by atoms with Gasteiger partial charge in [0, 0.05) is 18.2 Å². The maximum atomic E-state index is 13.0. The molecule has 43 heavy (non-hydrogen) atoms. The summed E-state index contributed by atoms with van der Waals surface area (Å²) in [6, 6.07) is 7.11. The average molecular weight is 599 g/mol. The topological polar surface area (TPSA) is 200 Å². The minimum absolute atomic E-state index is 0.0191. The van der Waals surface area contributed by atoms with E-state index >= 15 is 0 Å². The van der Waals surface area contributed by atoms with Crippen LogP contribution in [0.2, 0.25) is 0 Å². The van der Waals surface area contributed by atoms with Gasteiger partial charge in [0.2, 0.25) is 6.29 Å². The van der Waals surface area contributed by atoms with Crippen molar-refractivity contribution in [1.29, 1.82) is 0 Å². The van der Waals surface area contributed by atoms with Gasteiger partial charge in [0.25, 0.3) is 5.91 Å². The van der Waals surface area contributed by atoms with Crippen LogP contribution in [0.5, 0.6) is 17.2 Å². The van der Waals surface area contributed by atoms with Crippen LogP contribution in [0, 0.1) is 6.92 Å². The Kier molecular flexibility index (Phi) is 9.28. The first kappa shape index (κ1) is 31.3. The van der Waals surface area contributed by atoms with Gasteiger partial charge in [0.05, 0.1) is 11.5 Å². The smallest absolute Gasteiger partial charge is 0.404 e. The standard InChI is InChI=1S/C30H34N2O11/c1-13(2)6-7-16-12-17(8-10-19(16)33)27(36)32-21-22(34)18-9-11-20(14(3)24(18)42-28(21)37)41-29-23(35)26(43-30(31)38)25(39-5)15(4)40-29/h6,8-12,15,23,25-26,29,33-35H,7H2,1-5H3,(H2,31,38)(H,32,36)/t15-,23+,25+,26-,29+/m0/s1. The molecule has 1 fully saturated rings. The Balaban J connectivity index is 1.61. The van der Waals surface area contributed by atoms with Crippen LogP contribution in [0.4, 0.5) is 10.5 Å². The van der Waals surface area contributed by atoms with Crippen LogP contribution in [-0.2, 0) is 20.6 Å². The largest absolute Gasteiger partial charge is 0.508 e. The summed E-state index contributed by atoms with van der Waals surface area (Å²) in [4.78, 5) is 37.3. The van der Waals surface area contributed by atoms with E-state index in [0.717, 1.165) is 5.57 Å². The number of aliphatic hydroxyl groups is 1. The molecule has 6 N–H and O–H groups in total. The molecule has 1 aliphatic heterocycles. The molecule has 2 heterocycles. The van der Waals surface area contributed by atoms with E-state index in [1.54, 1.807) is 13.8 Å². The third kappa shape index (κ3) is 6.58. The van der Waals surface area contributed by atoms with Gasteiger partial charge in [-0.05, 0) is 70.0 Å². The summed E-state index contributed by atoms with van der Waals surface area (Å²) in [6.07, 6.45) is -4.33. The number of allylic oxidation sites excluding steroid dienone is 2. The molecule has 0 radical (unpaired) electrons. The highest BCUT2D eigenvalue weighted by Gasteiger charge is 2.47. The first-order valence-electron chi connectivity index (χ1n) is 13.4. The number of anilines is 1. The number of aryl methyl sites for hydroxylation is 1. The molecule has 1 aliphatic rings. The van der Waals surface area contributed by atoms with Gasteiger partial charge in [0.15, 0.2) is 23.6 Å². The van der Waals surface area contributed by atoms with Crippen LogP contribution in [0.25, 0.3) is 11.0 Å². The Bertz CT molecular complexity index is 1630. The predicted molar refractivity (Wildman–Crippen MR) is 154 cm³/mol. The number of amides is 2. The van der Waals surface area contributed by atoms with Crippen molar-refractivity contribution in [2.45, 2.75) is 64.8 Å². The molecule has 2 aromatic carbocycles. The third-order valence-corrected chi connectivity index (χ3v) is 7.08. The number of fused-ring (bicyclic) bond motifs is 1. The monoisotopic (exact) mass is 598 g/mol. The number of nitrogens with two attached hydrogens (primary N) is 1. The van der Waals surface area contributed by atoms with E-state index in [0.29, 0.717) is 12.0 Å². The number of hydrogen-bond acceptors (Lipinski definition) is 11. The molecule has 2 amide bonds. The summed E-state index contributed by atoms with van der Waals surface area (Å²) < 4.78 is 27.4. The van der Waals surface area contributed by atoms with E-state index in [1.165, 1.54) is 37.4 Å². The zero-order valence-electron chi connectivity index (χ0n) is 24.2. The number of methoxy groups -OCH3 is 1. The molecule has 0 bridgehead atoms. The quantitative estimate of drug-likeness (QED) is 0.188. The molecule has 0 saturated carbocycles. The number of ether oxygens (including phenoxy) is 4. The zero-order valence-corrected chi connectivity index (χ0v) is 24.2. The number of aliphatic hydroxyl groups excluding tert-OH is 1. The van der Waals surface area contributed by atoms with Crippen LogP contribution in [0.15, 0.2) is 51.2 Å². The van der Waals surface area contributed by atoms with Gasteiger partial charge in [-0.1, -0.05) is 11.6 Å². The Labute approximate surface area is 246 Å². The molecule has 0 unspecified atom stereocenters. The third-order valence-electron chi connectivity index (χ3n) is 7.08. The van der Waals surface area contributed by atoms with Gasteiger partial charge in [-0.2, -0.15) is 0 Å². The lowest BCUT2D eigenvalue weighted by atomic mass is 9.99. The second kappa shape index (κ2) is 12.7. The lowest BCUT2D eigenvalue weighted by molar-refractivity contribution is -0.271. The summed E-state index contributed by atoms with van der Waals surface area (Å²) in [5.41, 5.74) is 5.60.